The molecule has 21 heavy (non-hydrogen) atoms. The number of hydrogen-bond donors (Lipinski definition) is 0. The molecule has 1 fully saturated rings. The Hall–Kier alpha value is -1.07. The number of rotatable bonds is 3. The predicted molar refractivity (Wildman–Crippen MR) is 85.7 cm³/mol. The molecule has 0 aromatic heterocycles. The summed E-state index contributed by atoms with van der Waals surface area (Å²) in [5, 5.41) is 0. The summed E-state index contributed by atoms with van der Waals surface area (Å²) in [6, 6.07) is 5.90. The van der Waals surface area contributed by atoms with Crippen molar-refractivity contribution in [2.24, 2.45) is 0 Å². The third-order valence-electron chi connectivity index (χ3n) is 3.46. The fourth-order valence-electron chi connectivity index (χ4n) is 2.26. The van der Waals surface area contributed by atoms with Crippen LogP contribution in [0.25, 0.3) is 0 Å². The summed E-state index contributed by atoms with van der Waals surface area (Å²) in [5.74, 6) is 0.786. The molecule has 1 heterocycles. The molecular weight excluding hydrogens is 334 g/mol. The molecule has 4 nitrogen and oxygen atoms in total. The number of halogens is 1. The summed E-state index contributed by atoms with van der Waals surface area (Å²) < 4.78 is 12.0. The Kier molecular flexibility index (Phi) is 5.27. The van der Waals surface area contributed by atoms with E-state index in [9.17, 15) is 4.79 Å². The van der Waals surface area contributed by atoms with Crippen molar-refractivity contribution in [3.05, 3.63) is 28.2 Å². The van der Waals surface area contributed by atoms with Crippen LogP contribution in [0.15, 0.2) is 22.7 Å². The van der Waals surface area contributed by atoms with Crippen molar-refractivity contribution in [1.82, 2.24) is 4.90 Å². The first-order valence-corrected chi connectivity index (χ1v) is 7.95. The number of hydrogen-bond acceptors (Lipinski definition) is 3. The van der Waals surface area contributed by atoms with Crippen LogP contribution in [-0.2, 0) is 14.9 Å². The predicted octanol–water partition coefficient (Wildman–Crippen LogP) is 2.98. The molecule has 0 atom stereocenters. The number of carbonyl (C=O) groups excluding carboxylic acids is 1. The Balaban J connectivity index is 2.04. The van der Waals surface area contributed by atoms with Gasteiger partial charge in [0.05, 0.1) is 13.2 Å². The smallest absolute Gasteiger partial charge is 0.260 e. The summed E-state index contributed by atoms with van der Waals surface area (Å²) in [5.41, 5.74) is 1.05. The van der Waals surface area contributed by atoms with Crippen molar-refractivity contribution in [3.8, 4) is 5.75 Å². The van der Waals surface area contributed by atoms with Crippen LogP contribution in [0.4, 0.5) is 0 Å². The lowest BCUT2D eigenvalue weighted by Gasteiger charge is -2.27. The van der Waals surface area contributed by atoms with E-state index in [0.717, 1.165) is 15.8 Å². The Morgan fingerprint density at radius 3 is 2.62 bits per heavy atom. The number of benzene rings is 1. The highest BCUT2D eigenvalue weighted by Crippen LogP contribution is 2.33. The average Bonchev–Trinajstić information content (AvgIpc) is 2.45. The number of ether oxygens (including phenoxy) is 2. The lowest BCUT2D eigenvalue weighted by atomic mass is 9.86. The van der Waals surface area contributed by atoms with E-state index >= 15 is 0 Å². The SMILES string of the molecule is CC(C)(C)c1cc(Br)ccc1OCC(=O)N1CCOCC1. The second-order valence-electron chi connectivity index (χ2n) is 6.17. The van der Waals surface area contributed by atoms with Crippen molar-refractivity contribution in [1.29, 1.82) is 0 Å². The minimum atomic E-state index is -0.0406. The summed E-state index contributed by atoms with van der Waals surface area (Å²) in [7, 11) is 0. The van der Waals surface area contributed by atoms with Gasteiger partial charge in [0.15, 0.2) is 6.61 Å². The number of amides is 1. The van der Waals surface area contributed by atoms with Crippen LogP contribution < -0.4 is 4.74 Å². The van der Waals surface area contributed by atoms with Gasteiger partial charge < -0.3 is 14.4 Å². The van der Waals surface area contributed by atoms with Crippen LogP contribution in [0.1, 0.15) is 26.3 Å². The molecule has 0 unspecified atom stereocenters. The molecule has 1 aromatic rings. The molecule has 0 N–H and O–H groups in total. The highest BCUT2D eigenvalue weighted by molar-refractivity contribution is 9.10. The van der Waals surface area contributed by atoms with Gasteiger partial charge >= 0.3 is 0 Å². The van der Waals surface area contributed by atoms with E-state index in [1.165, 1.54) is 0 Å². The average molecular weight is 356 g/mol. The molecule has 0 spiro atoms. The minimum Gasteiger partial charge on any atom is -0.483 e. The van der Waals surface area contributed by atoms with Gasteiger partial charge in [-0.25, -0.2) is 0 Å². The van der Waals surface area contributed by atoms with Crippen molar-refractivity contribution < 1.29 is 14.3 Å². The first-order valence-electron chi connectivity index (χ1n) is 7.16. The van der Waals surface area contributed by atoms with E-state index in [2.05, 4.69) is 42.8 Å². The lowest BCUT2D eigenvalue weighted by molar-refractivity contribution is -0.137. The normalized spacial score (nSPS) is 15.9. The highest BCUT2D eigenvalue weighted by Gasteiger charge is 2.21. The lowest BCUT2D eigenvalue weighted by Crippen LogP contribution is -2.43. The molecule has 1 aromatic carbocycles. The molecule has 1 amide bonds. The highest BCUT2D eigenvalue weighted by atomic mass is 79.9. The van der Waals surface area contributed by atoms with Gasteiger partial charge in [-0.15, -0.1) is 0 Å². The Labute approximate surface area is 134 Å². The second-order valence-corrected chi connectivity index (χ2v) is 7.09. The Morgan fingerprint density at radius 1 is 1.33 bits per heavy atom. The van der Waals surface area contributed by atoms with Gasteiger partial charge in [-0.1, -0.05) is 36.7 Å². The van der Waals surface area contributed by atoms with Crippen LogP contribution in [-0.4, -0.2) is 43.7 Å². The van der Waals surface area contributed by atoms with Gasteiger partial charge in [-0.05, 0) is 23.6 Å². The fourth-order valence-corrected chi connectivity index (χ4v) is 2.62. The van der Waals surface area contributed by atoms with E-state index in [1.807, 2.05) is 12.1 Å². The molecule has 116 valence electrons. The van der Waals surface area contributed by atoms with Crippen LogP contribution >= 0.6 is 15.9 Å². The standard InChI is InChI=1S/C16H22BrNO3/c1-16(2,3)13-10-12(17)4-5-14(13)21-11-15(19)18-6-8-20-9-7-18/h4-5,10H,6-9,11H2,1-3H3. The van der Waals surface area contributed by atoms with Crippen LogP contribution in [0.5, 0.6) is 5.75 Å². The van der Waals surface area contributed by atoms with Crippen LogP contribution in [0.2, 0.25) is 0 Å². The van der Waals surface area contributed by atoms with Crippen molar-refractivity contribution in [2.45, 2.75) is 26.2 Å². The van der Waals surface area contributed by atoms with Gasteiger partial charge in [0.1, 0.15) is 5.75 Å². The zero-order valence-electron chi connectivity index (χ0n) is 12.8. The van der Waals surface area contributed by atoms with E-state index in [4.69, 9.17) is 9.47 Å². The number of nitrogens with zero attached hydrogens (tertiary/aromatic N) is 1. The molecule has 0 saturated carbocycles. The van der Waals surface area contributed by atoms with Gasteiger partial charge in [0.2, 0.25) is 0 Å². The molecule has 1 aliphatic heterocycles. The topological polar surface area (TPSA) is 38.8 Å². The summed E-state index contributed by atoms with van der Waals surface area (Å²) >= 11 is 3.49. The zero-order valence-corrected chi connectivity index (χ0v) is 14.4. The third kappa shape index (κ3) is 4.45. The van der Waals surface area contributed by atoms with Crippen molar-refractivity contribution >= 4 is 21.8 Å². The van der Waals surface area contributed by atoms with Gasteiger partial charge in [0, 0.05) is 23.1 Å². The molecule has 1 saturated heterocycles. The monoisotopic (exact) mass is 355 g/mol. The quantitative estimate of drug-likeness (QED) is 0.836. The molecule has 0 aliphatic carbocycles. The molecule has 5 heteroatoms. The van der Waals surface area contributed by atoms with Gasteiger partial charge in [-0.2, -0.15) is 0 Å². The zero-order chi connectivity index (χ0) is 15.5. The summed E-state index contributed by atoms with van der Waals surface area (Å²) in [6.07, 6.45) is 0. The minimum absolute atomic E-state index is 0.0149. The van der Waals surface area contributed by atoms with Crippen LogP contribution in [0, 0.1) is 0 Å². The third-order valence-corrected chi connectivity index (χ3v) is 3.96. The van der Waals surface area contributed by atoms with E-state index in [0.29, 0.717) is 26.3 Å². The number of morpholine rings is 1. The molecule has 0 radical (unpaired) electrons. The second kappa shape index (κ2) is 6.79. The number of carbonyl (C=O) groups is 1. The van der Waals surface area contributed by atoms with Gasteiger partial charge in [-0.3, -0.25) is 4.79 Å². The Morgan fingerprint density at radius 2 is 2.00 bits per heavy atom. The van der Waals surface area contributed by atoms with Crippen molar-refractivity contribution in [2.75, 3.05) is 32.9 Å². The molecule has 0 bridgehead atoms. The first kappa shape index (κ1) is 16.3. The van der Waals surface area contributed by atoms with Gasteiger partial charge in [0.25, 0.3) is 5.91 Å². The maximum atomic E-state index is 12.1. The summed E-state index contributed by atoms with van der Waals surface area (Å²) in [4.78, 5) is 13.9. The van der Waals surface area contributed by atoms with Crippen molar-refractivity contribution in [3.63, 3.8) is 0 Å². The van der Waals surface area contributed by atoms with E-state index < -0.39 is 0 Å². The van der Waals surface area contributed by atoms with E-state index in [1.54, 1.807) is 4.90 Å². The molecule has 1 aliphatic rings. The largest absolute Gasteiger partial charge is 0.483 e. The molecule has 2 rings (SSSR count). The molecular formula is C16H22BrNO3. The first-order chi connectivity index (χ1) is 9.88. The maximum Gasteiger partial charge on any atom is 0.260 e. The fraction of sp³-hybridized carbons (Fsp3) is 0.562. The summed E-state index contributed by atoms with van der Waals surface area (Å²) in [6.45, 7) is 8.98. The van der Waals surface area contributed by atoms with Crippen LogP contribution in [0.3, 0.4) is 0 Å². The Bertz CT molecular complexity index is 505. The maximum absolute atomic E-state index is 12.1. The van der Waals surface area contributed by atoms with E-state index in [-0.39, 0.29) is 17.9 Å².